The van der Waals surface area contributed by atoms with E-state index in [4.69, 9.17) is 21.1 Å². The second-order valence-electron chi connectivity index (χ2n) is 11.4. The lowest BCUT2D eigenvalue weighted by atomic mass is 9.80. The molecule has 0 aliphatic carbocycles. The van der Waals surface area contributed by atoms with Crippen LogP contribution < -0.4 is 18.5 Å². The SMILES string of the molecule is COc1ccc(S(=O)(=O)N2C(=O)C(c3cccc4c3OCC4)(N3C[C@H](F)C[C@H]3C(=O)N(C)C)c3cc(Cl)ccc32)c(OC(F)(F)F)c1. The summed E-state index contributed by atoms with van der Waals surface area (Å²) in [6.45, 7) is -0.235. The van der Waals surface area contributed by atoms with E-state index in [1.807, 2.05) is 0 Å². The summed E-state index contributed by atoms with van der Waals surface area (Å²) in [5.41, 5.74) is -1.70. The van der Waals surface area contributed by atoms with Crippen molar-refractivity contribution in [2.45, 2.75) is 41.9 Å². The van der Waals surface area contributed by atoms with E-state index in [-0.39, 0.29) is 46.4 Å². The van der Waals surface area contributed by atoms with E-state index in [0.29, 0.717) is 16.3 Å². The zero-order valence-corrected chi connectivity index (χ0v) is 26.7. The van der Waals surface area contributed by atoms with Gasteiger partial charge >= 0.3 is 6.36 Å². The summed E-state index contributed by atoms with van der Waals surface area (Å²) in [7, 11) is -1.13. The Balaban J connectivity index is 1.66. The summed E-state index contributed by atoms with van der Waals surface area (Å²) in [5, 5.41) is 0.0747. The molecule has 6 rings (SSSR count). The summed E-state index contributed by atoms with van der Waals surface area (Å²) in [4.78, 5) is 30.4. The molecule has 0 aromatic heterocycles. The van der Waals surface area contributed by atoms with Crippen LogP contribution in [0.3, 0.4) is 0 Å². The van der Waals surface area contributed by atoms with E-state index < -0.39 is 63.1 Å². The van der Waals surface area contributed by atoms with Crippen molar-refractivity contribution >= 4 is 39.1 Å². The molecule has 3 aromatic carbocycles. The molecule has 3 atom stereocenters. The first-order chi connectivity index (χ1) is 22.1. The monoisotopic (exact) mass is 697 g/mol. The quantitative estimate of drug-likeness (QED) is 0.329. The van der Waals surface area contributed by atoms with Gasteiger partial charge < -0.3 is 19.1 Å². The van der Waals surface area contributed by atoms with Crippen molar-refractivity contribution in [2.24, 2.45) is 0 Å². The molecule has 0 spiro atoms. The van der Waals surface area contributed by atoms with Gasteiger partial charge in [-0.25, -0.2) is 17.1 Å². The zero-order valence-electron chi connectivity index (χ0n) is 25.2. The number of carbonyl (C=O) groups excluding carboxylic acids is 2. The Labute approximate surface area is 272 Å². The fraction of sp³-hybridized carbons (Fsp3) is 0.355. The molecule has 16 heteroatoms. The predicted octanol–water partition coefficient (Wildman–Crippen LogP) is 4.66. The van der Waals surface area contributed by atoms with Crippen LogP contribution >= 0.6 is 11.6 Å². The largest absolute Gasteiger partial charge is 0.573 e. The molecule has 3 heterocycles. The van der Waals surface area contributed by atoms with E-state index in [9.17, 15) is 26.4 Å². The standard InChI is InChI=1S/C31H28ClF4N3O7S/c1-37(2)28(40)24-14-19(33)16-38(24)30(21-6-4-5-17-11-12-45-27(17)21)22-13-18(32)7-9-23(22)39(29(30)41)47(42,43)26-10-8-20(44-3)15-25(26)46-31(34,35)36/h4-10,13,15,19,24H,11-12,14,16H2,1-3H3/t19-,24+,30?/m1/s1. The van der Waals surface area contributed by atoms with Crippen LogP contribution in [0.1, 0.15) is 23.1 Å². The Morgan fingerprint density at radius 2 is 1.85 bits per heavy atom. The topological polar surface area (TPSA) is 106 Å². The molecule has 2 amide bonds. The maximum Gasteiger partial charge on any atom is 0.573 e. The number of amides is 2. The fourth-order valence-electron chi connectivity index (χ4n) is 6.60. The number of likely N-dealkylation sites (tertiary alicyclic amines) is 1. The van der Waals surface area contributed by atoms with Crippen LogP contribution in [0.5, 0.6) is 17.2 Å². The Hall–Kier alpha value is -4.08. The van der Waals surface area contributed by atoms with Crippen LogP contribution in [0.15, 0.2) is 59.5 Å². The van der Waals surface area contributed by atoms with Gasteiger partial charge in [-0.05, 0) is 35.9 Å². The van der Waals surface area contributed by atoms with Gasteiger partial charge in [-0.1, -0.05) is 29.8 Å². The highest BCUT2D eigenvalue weighted by Gasteiger charge is 2.64. The number of rotatable bonds is 7. The zero-order chi connectivity index (χ0) is 34.1. The van der Waals surface area contributed by atoms with Crippen molar-refractivity contribution in [1.29, 1.82) is 0 Å². The average molecular weight is 698 g/mol. The van der Waals surface area contributed by atoms with Crippen LogP contribution in [0.2, 0.25) is 5.02 Å². The number of alkyl halides is 4. The molecule has 10 nitrogen and oxygen atoms in total. The number of ether oxygens (including phenoxy) is 3. The van der Waals surface area contributed by atoms with E-state index in [2.05, 4.69) is 4.74 Å². The second-order valence-corrected chi connectivity index (χ2v) is 13.6. The second kappa shape index (κ2) is 11.6. The number of hydrogen-bond donors (Lipinski definition) is 0. The summed E-state index contributed by atoms with van der Waals surface area (Å²) >= 11 is 6.46. The first-order valence-electron chi connectivity index (χ1n) is 14.3. The van der Waals surface area contributed by atoms with Crippen molar-refractivity contribution in [3.8, 4) is 17.2 Å². The molecule has 1 fully saturated rings. The summed E-state index contributed by atoms with van der Waals surface area (Å²) < 4.78 is 101. The van der Waals surface area contributed by atoms with Gasteiger partial charge in [0.1, 0.15) is 22.6 Å². The Morgan fingerprint density at radius 3 is 2.53 bits per heavy atom. The van der Waals surface area contributed by atoms with Gasteiger partial charge in [0.05, 0.1) is 25.4 Å². The Morgan fingerprint density at radius 1 is 1.11 bits per heavy atom. The first-order valence-corrected chi connectivity index (χ1v) is 16.1. The Kier molecular flexibility index (Phi) is 8.08. The highest BCUT2D eigenvalue weighted by Crippen LogP contribution is 2.56. The highest BCUT2D eigenvalue weighted by molar-refractivity contribution is 7.93. The van der Waals surface area contributed by atoms with Gasteiger partial charge in [-0.2, -0.15) is 0 Å². The number of likely N-dealkylation sites (N-methyl/N-ethyl adjacent to an activating group) is 1. The van der Waals surface area contributed by atoms with Crippen molar-refractivity contribution in [1.82, 2.24) is 9.80 Å². The molecule has 3 aromatic rings. The number of methoxy groups -OCH3 is 1. The molecule has 0 N–H and O–H groups in total. The number of fused-ring (bicyclic) bond motifs is 2. The third-order valence-electron chi connectivity index (χ3n) is 8.47. The van der Waals surface area contributed by atoms with Crippen LogP contribution in [0, 0.1) is 0 Å². The van der Waals surface area contributed by atoms with Crippen LogP contribution in [0.4, 0.5) is 23.2 Å². The number of anilines is 1. The number of carbonyl (C=O) groups is 2. The van der Waals surface area contributed by atoms with Crippen LogP contribution in [-0.4, -0.2) is 83.0 Å². The van der Waals surface area contributed by atoms with Gasteiger partial charge in [0.2, 0.25) is 5.91 Å². The summed E-state index contributed by atoms with van der Waals surface area (Å²) in [5.74, 6) is -2.79. The average Bonchev–Trinajstić information content (AvgIpc) is 3.70. The fourth-order valence-corrected chi connectivity index (χ4v) is 8.33. The molecule has 0 radical (unpaired) electrons. The van der Waals surface area contributed by atoms with Crippen molar-refractivity contribution in [2.75, 3.05) is 38.7 Å². The third-order valence-corrected chi connectivity index (χ3v) is 10.4. The lowest BCUT2D eigenvalue weighted by Crippen LogP contribution is -2.59. The van der Waals surface area contributed by atoms with Crippen molar-refractivity contribution < 1.29 is 49.8 Å². The van der Waals surface area contributed by atoms with E-state index in [0.717, 1.165) is 18.2 Å². The minimum absolute atomic E-state index is 0.0278. The molecule has 0 saturated carbocycles. The maximum absolute atomic E-state index is 15.5. The van der Waals surface area contributed by atoms with E-state index in [1.165, 1.54) is 55.3 Å². The molecule has 250 valence electrons. The normalized spacial score (nSPS) is 22.6. The van der Waals surface area contributed by atoms with Crippen LogP contribution in [-0.2, 0) is 31.6 Å². The van der Waals surface area contributed by atoms with Gasteiger partial charge in [0.25, 0.3) is 15.9 Å². The molecule has 3 aliphatic rings. The third kappa shape index (κ3) is 5.24. The number of para-hydroxylation sites is 1. The van der Waals surface area contributed by atoms with Crippen molar-refractivity contribution in [3.63, 3.8) is 0 Å². The molecular formula is C31H28ClF4N3O7S. The molecule has 3 aliphatic heterocycles. The lowest BCUT2D eigenvalue weighted by Gasteiger charge is -2.42. The smallest absolute Gasteiger partial charge is 0.497 e. The number of halogens is 5. The van der Waals surface area contributed by atoms with Crippen molar-refractivity contribution in [3.05, 3.63) is 76.3 Å². The summed E-state index contributed by atoms with van der Waals surface area (Å²) in [6, 6.07) is 10.2. The highest BCUT2D eigenvalue weighted by atomic mass is 35.5. The maximum atomic E-state index is 15.5. The first kappa shape index (κ1) is 32.8. The molecular weight excluding hydrogens is 670 g/mol. The van der Waals surface area contributed by atoms with Gasteiger partial charge in [-0.15, -0.1) is 13.2 Å². The lowest BCUT2D eigenvalue weighted by molar-refractivity contribution is -0.275. The predicted molar refractivity (Wildman–Crippen MR) is 161 cm³/mol. The molecule has 0 bridgehead atoms. The molecule has 47 heavy (non-hydrogen) atoms. The van der Waals surface area contributed by atoms with Crippen LogP contribution in [0.25, 0.3) is 0 Å². The van der Waals surface area contributed by atoms with E-state index in [1.54, 1.807) is 12.1 Å². The summed E-state index contributed by atoms with van der Waals surface area (Å²) in [6.07, 6.45) is -6.78. The number of sulfonamides is 1. The number of benzene rings is 3. The number of hydrogen-bond acceptors (Lipinski definition) is 8. The van der Waals surface area contributed by atoms with Gasteiger partial charge in [-0.3, -0.25) is 14.5 Å². The molecule has 1 unspecified atom stereocenters. The Bertz CT molecular complexity index is 1890. The minimum atomic E-state index is -5.31. The van der Waals surface area contributed by atoms with Gasteiger partial charge in [0.15, 0.2) is 11.3 Å². The minimum Gasteiger partial charge on any atom is -0.497 e. The van der Waals surface area contributed by atoms with E-state index >= 15 is 9.18 Å². The molecule has 1 saturated heterocycles. The number of nitrogens with zero attached hydrogens (tertiary/aromatic N) is 3. The van der Waals surface area contributed by atoms with Gasteiger partial charge in [0, 0.05) is 55.7 Å².